The summed E-state index contributed by atoms with van der Waals surface area (Å²) < 4.78 is 0. The van der Waals surface area contributed by atoms with Gasteiger partial charge in [0.05, 0.1) is 11.6 Å². The first kappa shape index (κ1) is 12.5. The SMILES string of the molecule is N#Cc1cccc(C(=O)Nc2cccc(C=O)c2)c1. The van der Waals surface area contributed by atoms with E-state index in [1.54, 1.807) is 42.5 Å². The molecule has 92 valence electrons. The lowest BCUT2D eigenvalue weighted by molar-refractivity contribution is 0.102. The van der Waals surface area contributed by atoms with Gasteiger partial charge in [-0.15, -0.1) is 0 Å². The van der Waals surface area contributed by atoms with E-state index in [9.17, 15) is 9.59 Å². The lowest BCUT2D eigenvalue weighted by Gasteiger charge is -2.05. The van der Waals surface area contributed by atoms with E-state index in [1.807, 2.05) is 6.07 Å². The molecule has 0 aliphatic carbocycles. The van der Waals surface area contributed by atoms with Crippen LogP contribution in [-0.2, 0) is 0 Å². The van der Waals surface area contributed by atoms with Crippen molar-refractivity contribution in [3.05, 3.63) is 65.2 Å². The highest BCUT2D eigenvalue weighted by Gasteiger charge is 2.06. The van der Waals surface area contributed by atoms with Crippen LogP contribution in [0.2, 0.25) is 0 Å². The van der Waals surface area contributed by atoms with Gasteiger partial charge in [0, 0.05) is 16.8 Å². The third kappa shape index (κ3) is 3.05. The van der Waals surface area contributed by atoms with Crippen molar-refractivity contribution < 1.29 is 9.59 Å². The Morgan fingerprint density at radius 3 is 2.68 bits per heavy atom. The lowest BCUT2D eigenvalue weighted by atomic mass is 10.1. The molecule has 0 radical (unpaired) electrons. The van der Waals surface area contributed by atoms with Gasteiger partial charge in [0.25, 0.3) is 5.91 Å². The quantitative estimate of drug-likeness (QED) is 0.851. The monoisotopic (exact) mass is 250 g/mol. The van der Waals surface area contributed by atoms with Crippen LogP contribution in [0.15, 0.2) is 48.5 Å². The molecule has 0 saturated heterocycles. The lowest BCUT2D eigenvalue weighted by Crippen LogP contribution is -2.12. The smallest absolute Gasteiger partial charge is 0.255 e. The van der Waals surface area contributed by atoms with Gasteiger partial charge in [-0.2, -0.15) is 5.26 Å². The number of aldehydes is 1. The summed E-state index contributed by atoms with van der Waals surface area (Å²) in [6.45, 7) is 0. The number of nitrogens with one attached hydrogen (secondary N) is 1. The highest BCUT2D eigenvalue weighted by atomic mass is 16.1. The van der Waals surface area contributed by atoms with Crippen molar-refractivity contribution in [2.45, 2.75) is 0 Å². The zero-order valence-corrected chi connectivity index (χ0v) is 9.96. The molecule has 0 heterocycles. The fourth-order valence-corrected chi connectivity index (χ4v) is 1.62. The molecule has 0 fully saturated rings. The molecule has 0 aliphatic rings. The Balaban J connectivity index is 2.20. The first-order valence-electron chi connectivity index (χ1n) is 5.59. The second-order valence-corrected chi connectivity index (χ2v) is 3.89. The third-order valence-electron chi connectivity index (χ3n) is 2.53. The van der Waals surface area contributed by atoms with Crippen LogP contribution in [0.25, 0.3) is 0 Å². The molecule has 2 aromatic rings. The summed E-state index contributed by atoms with van der Waals surface area (Å²) in [4.78, 5) is 22.6. The number of rotatable bonds is 3. The molecule has 2 aromatic carbocycles. The van der Waals surface area contributed by atoms with Crippen LogP contribution in [0.5, 0.6) is 0 Å². The molecule has 1 amide bonds. The maximum absolute atomic E-state index is 12.0. The maximum atomic E-state index is 12.0. The van der Waals surface area contributed by atoms with E-state index in [2.05, 4.69) is 5.32 Å². The zero-order valence-electron chi connectivity index (χ0n) is 9.96. The minimum atomic E-state index is -0.319. The summed E-state index contributed by atoms with van der Waals surface area (Å²) in [5, 5.41) is 11.5. The molecule has 4 heteroatoms. The standard InChI is InChI=1S/C15H10N2O2/c16-9-11-3-1-5-13(7-11)15(19)17-14-6-2-4-12(8-14)10-18/h1-8,10H,(H,17,19). The van der Waals surface area contributed by atoms with Gasteiger partial charge in [0.1, 0.15) is 6.29 Å². The Labute approximate surface area is 110 Å². The molecule has 0 spiro atoms. The van der Waals surface area contributed by atoms with E-state index in [-0.39, 0.29) is 5.91 Å². The number of carbonyl (C=O) groups excluding carboxylic acids is 2. The number of hydrogen-bond acceptors (Lipinski definition) is 3. The van der Waals surface area contributed by atoms with E-state index >= 15 is 0 Å². The maximum Gasteiger partial charge on any atom is 0.255 e. The number of carbonyl (C=O) groups is 2. The van der Waals surface area contributed by atoms with E-state index in [0.717, 1.165) is 0 Å². The number of amides is 1. The van der Waals surface area contributed by atoms with Crippen LogP contribution in [-0.4, -0.2) is 12.2 Å². The first-order valence-corrected chi connectivity index (χ1v) is 5.59. The fourth-order valence-electron chi connectivity index (χ4n) is 1.62. The normalized spacial score (nSPS) is 9.42. The van der Waals surface area contributed by atoms with Crippen molar-refractivity contribution >= 4 is 17.9 Å². The molecule has 0 aliphatic heterocycles. The summed E-state index contributed by atoms with van der Waals surface area (Å²) >= 11 is 0. The fraction of sp³-hybridized carbons (Fsp3) is 0. The number of nitriles is 1. The van der Waals surface area contributed by atoms with Gasteiger partial charge in [-0.05, 0) is 30.3 Å². The Morgan fingerprint density at radius 1 is 1.16 bits per heavy atom. The number of nitrogens with zero attached hydrogens (tertiary/aromatic N) is 1. The second-order valence-electron chi connectivity index (χ2n) is 3.89. The Morgan fingerprint density at radius 2 is 1.95 bits per heavy atom. The molecule has 0 unspecified atom stereocenters. The van der Waals surface area contributed by atoms with Gasteiger partial charge in [-0.1, -0.05) is 18.2 Å². The van der Waals surface area contributed by atoms with E-state index in [1.165, 1.54) is 6.07 Å². The van der Waals surface area contributed by atoms with Crippen LogP contribution in [0.4, 0.5) is 5.69 Å². The van der Waals surface area contributed by atoms with Crippen LogP contribution in [0, 0.1) is 11.3 Å². The topological polar surface area (TPSA) is 70.0 Å². The van der Waals surface area contributed by atoms with Gasteiger partial charge >= 0.3 is 0 Å². The number of benzene rings is 2. The predicted molar refractivity (Wildman–Crippen MR) is 70.9 cm³/mol. The second kappa shape index (κ2) is 5.61. The zero-order chi connectivity index (χ0) is 13.7. The first-order chi connectivity index (χ1) is 9.22. The van der Waals surface area contributed by atoms with E-state index in [4.69, 9.17) is 5.26 Å². The van der Waals surface area contributed by atoms with E-state index in [0.29, 0.717) is 28.7 Å². The van der Waals surface area contributed by atoms with Crippen molar-refractivity contribution in [1.29, 1.82) is 5.26 Å². The summed E-state index contributed by atoms with van der Waals surface area (Å²) in [6.07, 6.45) is 0.714. The summed E-state index contributed by atoms with van der Waals surface area (Å²) in [5.41, 5.74) is 1.85. The highest BCUT2D eigenvalue weighted by Crippen LogP contribution is 2.12. The van der Waals surface area contributed by atoms with E-state index < -0.39 is 0 Å². The van der Waals surface area contributed by atoms with Crippen molar-refractivity contribution in [3.63, 3.8) is 0 Å². The van der Waals surface area contributed by atoms with Gasteiger partial charge in [0.15, 0.2) is 0 Å². The third-order valence-corrected chi connectivity index (χ3v) is 2.53. The molecule has 2 rings (SSSR count). The van der Waals surface area contributed by atoms with Gasteiger partial charge in [0.2, 0.25) is 0 Å². The van der Waals surface area contributed by atoms with Crippen LogP contribution >= 0.6 is 0 Å². The number of anilines is 1. The van der Waals surface area contributed by atoms with Gasteiger partial charge in [-0.25, -0.2) is 0 Å². The molecule has 0 bridgehead atoms. The van der Waals surface area contributed by atoms with Crippen molar-refractivity contribution in [1.82, 2.24) is 0 Å². The Bertz CT molecular complexity index is 672. The molecular weight excluding hydrogens is 240 g/mol. The molecule has 0 saturated carbocycles. The Kier molecular flexibility index (Phi) is 3.70. The molecule has 0 atom stereocenters. The summed E-state index contributed by atoms with van der Waals surface area (Å²) in [7, 11) is 0. The minimum Gasteiger partial charge on any atom is -0.322 e. The molecule has 4 nitrogen and oxygen atoms in total. The summed E-state index contributed by atoms with van der Waals surface area (Å²) in [6, 6.07) is 15.0. The largest absolute Gasteiger partial charge is 0.322 e. The van der Waals surface area contributed by atoms with Crippen LogP contribution < -0.4 is 5.32 Å². The van der Waals surface area contributed by atoms with Crippen LogP contribution in [0.3, 0.4) is 0 Å². The Hall–Kier alpha value is -2.93. The van der Waals surface area contributed by atoms with Crippen LogP contribution in [0.1, 0.15) is 26.3 Å². The average molecular weight is 250 g/mol. The van der Waals surface area contributed by atoms with Crippen molar-refractivity contribution in [3.8, 4) is 6.07 Å². The predicted octanol–water partition coefficient (Wildman–Crippen LogP) is 2.62. The highest BCUT2D eigenvalue weighted by molar-refractivity contribution is 6.04. The van der Waals surface area contributed by atoms with Crippen molar-refractivity contribution in [2.75, 3.05) is 5.32 Å². The van der Waals surface area contributed by atoms with Gasteiger partial charge in [-0.3, -0.25) is 9.59 Å². The minimum absolute atomic E-state index is 0.319. The number of hydrogen-bond donors (Lipinski definition) is 1. The molecule has 19 heavy (non-hydrogen) atoms. The molecule has 0 aromatic heterocycles. The van der Waals surface area contributed by atoms with Crippen molar-refractivity contribution in [2.24, 2.45) is 0 Å². The molecule has 1 N–H and O–H groups in total. The molecular formula is C15H10N2O2. The van der Waals surface area contributed by atoms with Gasteiger partial charge < -0.3 is 5.32 Å². The summed E-state index contributed by atoms with van der Waals surface area (Å²) in [5.74, 6) is -0.319. The average Bonchev–Trinajstić information content (AvgIpc) is 2.47.